The fourth-order valence-corrected chi connectivity index (χ4v) is 1.67. The molecular formula is C14H18N4O2. The fraction of sp³-hybridized carbons (Fsp3) is 0.357. The Morgan fingerprint density at radius 3 is 2.70 bits per heavy atom. The smallest absolute Gasteiger partial charge is 0.258 e. The summed E-state index contributed by atoms with van der Waals surface area (Å²) in [7, 11) is 1.83. The lowest BCUT2D eigenvalue weighted by molar-refractivity contribution is -0.123. The number of ether oxygens (including phenoxy) is 1. The molecule has 2 rings (SSSR count). The van der Waals surface area contributed by atoms with Gasteiger partial charge in [0.25, 0.3) is 5.91 Å². The first-order valence-electron chi connectivity index (χ1n) is 6.50. The van der Waals surface area contributed by atoms with Gasteiger partial charge in [-0.25, -0.2) is 0 Å². The van der Waals surface area contributed by atoms with E-state index in [0.29, 0.717) is 18.1 Å². The maximum atomic E-state index is 11.7. The summed E-state index contributed by atoms with van der Waals surface area (Å²) in [5, 5.41) is 10.4. The highest BCUT2D eigenvalue weighted by molar-refractivity contribution is 5.77. The van der Waals surface area contributed by atoms with Crippen molar-refractivity contribution in [3.05, 3.63) is 42.0 Å². The quantitative estimate of drug-likeness (QED) is 0.855. The van der Waals surface area contributed by atoms with Gasteiger partial charge in [0.1, 0.15) is 12.1 Å². The molecule has 1 aromatic carbocycles. The lowest BCUT2D eigenvalue weighted by Gasteiger charge is -2.07. The number of carbonyl (C=O) groups is 1. The van der Waals surface area contributed by atoms with Crippen molar-refractivity contribution in [2.24, 2.45) is 7.05 Å². The molecule has 1 heterocycles. The average molecular weight is 274 g/mol. The molecule has 20 heavy (non-hydrogen) atoms. The first-order valence-corrected chi connectivity index (χ1v) is 6.50. The zero-order valence-corrected chi connectivity index (χ0v) is 11.7. The second-order valence-corrected chi connectivity index (χ2v) is 4.42. The second kappa shape index (κ2) is 6.70. The SMILES string of the molecule is CCc1ccc(OCC(=O)NCc2nncn2C)cc1. The third-order valence-electron chi connectivity index (χ3n) is 2.95. The molecule has 2 aromatic rings. The third-order valence-corrected chi connectivity index (χ3v) is 2.95. The number of nitrogens with one attached hydrogen (secondary N) is 1. The molecule has 0 spiro atoms. The molecule has 6 heteroatoms. The first-order chi connectivity index (χ1) is 9.69. The predicted octanol–water partition coefficient (Wildman–Crippen LogP) is 1.07. The number of benzene rings is 1. The van der Waals surface area contributed by atoms with Gasteiger partial charge >= 0.3 is 0 Å². The van der Waals surface area contributed by atoms with E-state index in [9.17, 15) is 4.79 Å². The fourth-order valence-electron chi connectivity index (χ4n) is 1.67. The number of hydrogen-bond donors (Lipinski definition) is 1. The number of nitrogens with zero attached hydrogens (tertiary/aromatic N) is 3. The normalized spacial score (nSPS) is 10.3. The highest BCUT2D eigenvalue weighted by Crippen LogP contribution is 2.12. The van der Waals surface area contributed by atoms with E-state index in [2.05, 4.69) is 22.4 Å². The molecule has 1 aromatic heterocycles. The Kier molecular flexibility index (Phi) is 4.70. The number of rotatable bonds is 6. The number of aryl methyl sites for hydroxylation is 2. The van der Waals surface area contributed by atoms with Gasteiger partial charge in [-0.15, -0.1) is 10.2 Å². The summed E-state index contributed by atoms with van der Waals surface area (Å²) < 4.78 is 7.17. The van der Waals surface area contributed by atoms with Gasteiger partial charge in [-0.1, -0.05) is 19.1 Å². The highest BCUT2D eigenvalue weighted by atomic mass is 16.5. The second-order valence-electron chi connectivity index (χ2n) is 4.42. The number of amides is 1. The molecule has 0 bridgehead atoms. The van der Waals surface area contributed by atoms with Gasteiger partial charge in [-0.2, -0.15) is 0 Å². The van der Waals surface area contributed by atoms with Gasteiger partial charge in [-0.3, -0.25) is 4.79 Å². The predicted molar refractivity (Wildman–Crippen MR) is 74.2 cm³/mol. The Balaban J connectivity index is 1.75. The molecule has 1 N–H and O–H groups in total. The maximum Gasteiger partial charge on any atom is 0.258 e. The molecule has 0 aliphatic rings. The minimum Gasteiger partial charge on any atom is -0.484 e. The van der Waals surface area contributed by atoms with Crippen LogP contribution in [0.25, 0.3) is 0 Å². The standard InChI is InChI=1S/C14H18N4O2/c1-3-11-4-6-12(7-5-11)20-9-14(19)15-8-13-17-16-10-18(13)2/h4-7,10H,3,8-9H2,1-2H3,(H,15,19). The van der Waals surface area contributed by atoms with Crippen LogP contribution in [-0.2, 0) is 24.8 Å². The Bertz CT molecular complexity index is 563. The minimum absolute atomic E-state index is 0.0106. The van der Waals surface area contributed by atoms with E-state index < -0.39 is 0 Å². The van der Waals surface area contributed by atoms with Crippen molar-refractivity contribution in [3.8, 4) is 5.75 Å². The van der Waals surface area contributed by atoms with E-state index in [1.165, 1.54) is 5.56 Å². The van der Waals surface area contributed by atoms with Gasteiger partial charge in [0, 0.05) is 7.05 Å². The zero-order chi connectivity index (χ0) is 14.4. The molecule has 0 saturated carbocycles. The number of aromatic nitrogens is 3. The summed E-state index contributed by atoms with van der Waals surface area (Å²) in [6.45, 7) is 2.42. The van der Waals surface area contributed by atoms with Crippen LogP contribution in [0.2, 0.25) is 0 Å². The molecule has 106 valence electrons. The molecule has 0 saturated heterocycles. The Morgan fingerprint density at radius 2 is 2.10 bits per heavy atom. The van der Waals surface area contributed by atoms with Crippen LogP contribution in [-0.4, -0.2) is 27.3 Å². The zero-order valence-electron chi connectivity index (χ0n) is 11.7. The van der Waals surface area contributed by atoms with Crippen LogP contribution in [0.5, 0.6) is 5.75 Å². The topological polar surface area (TPSA) is 69.0 Å². The van der Waals surface area contributed by atoms with Crippen molar-refractivity contribution in [1.82, 2.24) is 20.1 Å². The summed E-state index contributed by atoms with van der Waals surface area (Å²) in [5.41, 5.74) is 1.24. The van der Waals surface area contributed by atoms with Crippen LogP contribution < -0.4 is 10.1 Å². The van der Waals surface area contributed by atoms with Gasteiger partial charge in [-0.05, 0) is 24.1 Å². The van der Waals surface area contributed by atoms with Crippen LogP contribution in [0.3, 0.4) is 0 Å². The molecule has 6 nitrogen and oxygen atoms in total. The van der Waals surface area contributed by atoms with Gasteiger partial charge < -0.3 is 14.6 Å². The van der Waals surface area contributed by atoms with Crippen molar-refractivity contribution in [1.29, 1.82) is 0 Å². The third kappa shape index (κ3) is 3.81. The molecule has 1 amide bonds. The number of hydrogen-bond acceptors (Lipinski definition) is 4. The first kappa shape index (κ1) is 14.0. The molecule has 0 unspecified atom stereocenters. The van der Waals surface area contributed by atoms with Crippen LogP contribution in [0.1, 0.15) is 18.3 Å². The van der Waals surface area contributed by atoms with Gasteiger partial charge in [0.05, 0.1) is 6.54 Å². The Labute approximate surface area is 117 Å². The van der Waals surface area contributed by atoms with Gasteiger partial charge in [0.15, 0.2) is 12.4 Å². The molecule has 0 aliphatic heterocycles. The largest absolute Gasteiger partial charge is 0.484 e. The van der Waals surface area contributed by atoms with Crippen LogP contribution in [0.4, 0.5) is 0 Å². The minimum atomic E-state index is -0.187. The van der Waals surface area contributed by atoms with Crippen LogP contribution in [0.15, 0.2) is 30.6 Å². The van der Waals surface area contributed by atoms with Gasteiger partial charge in [0.2, 0.25) is 0 Å². The lowest BCUT2D eigenvalue weighted by Crippen LogP contribution is -2.29. The van der Waals surface area contributed by atoms with E-state index in [1.54, 1.807) is 10.9 Å². The summed E-state index contributed by atoms with van der Waals surface area (Å²) in [5.74, 6) is 1.20. The van der Waals surface area contributed by atoms with Crippen molar-refractivity contribution in [3.63, 3.8) is 0 Å². The molecule has 0 atom stereocenters. The van der Waals surface area contributed by atoms with Crippen molar-refractivity contribution < 1.29 is 9.53 Å². The Morgan fingerprint density at radius 1 is 1.35 bits per heavy atom. The summed E-state index contributed by atoms with van der Waals surface area (Å²) in [6.07, 6.45) is 2.58. The van der Waals surface area contributed by atoms with E-state index in [4.69, 9.17) is 4.74 Å². The van der Waals surface area contributed by atoms with Crippen molar-refractivity contribution >= 4 is 5.91 Å². The van der Waals surface area contributed by atoms with E-state index in [0.717, 1.165) is 6.42 Å². The molecule has 0 radical (unpaired) electrons. The number of carbonyl (C=O) groups excluding carboxylic acids is 1. The maximum absolute atomic E-state index is 11.7. The van der Waals surface area contributed by atoms with E-state index in [1.807, 2.05) is 31.3 Å². The summed E-state index contributed by atoms with van der Waals surface area (Å²) in [4.78, 5) is 11.7. The summed E-state index contributed by atoms with van der Waals surface area (Å²) >= 11 is 0. The molecular weight excluding hydrogens is 256 g/mol. The Hall–Kier alpha value is -2.37. The molecule has 0 fully saturated rings. The van der Waals surface area contributed by atoms with E-state index >= 15 is 0 Å². The van der Waals surface area contributed by atoms with Crippen molar-refractivity contribution in [2.45, 2.75) is 19.9 Å². The van der Waals surface area contributed by atoms with Crippen molar-refractivity contribution in [2.75, 3.05) is 6.61 Å². The average Bonchev–Trinajstić information content (AvgIpc) is 2.89. The van der Waals surface area contributed by atoms with E-state index in [-0.39, 0.29) is 12.5 Å². The summed E-state index contributed by atoms with van der Waals surface area (Å²) in [6, 6.07) is 7.73. The monoisotopic (exact) mass is 274 g/mol. The lowest BCUT2D eigenvalue weighted by atomic mass is 10.2. The highest BCUT2D eigenvalue weighted by Gasteiger charge is 2.05. The molecule has 0 aliphatic carbocycles. The van der Waals surface area contributed by atoms with Crippen LogP contribution >= 0.6 is 0 Å². The van der Waals surface area contributed by atoms with Crippen LogP contribution in [0, 0.1) is 0 Å².